The summed E-state index contributed by atoms with van der Waals surface area (Å²) < 4.78 is 0. The van der Waals surface area contributed by atoms with Gasteiger partial charge in [0, 0.05) is 12.6 Å². The fraction of sp³-hybridized carbons (Fsp3) is 0.840. The summed E-state index contributed by atoms with van der Waals surface area (Å²) in [6.07, 6.45) is 17.0. The molecule has 1 nitrogen and oxygen atoms in total. The number of rotatable bonds is 12. The van der Waals surface area contributed by atoms with Gasteiger partial charge in [-0.3, -0.25) is 0 Å². The van der Waals surface area contributed by atoms with E-state index in [2.05, 4.69) is 65.5 Å². The van der Waals surface area contributed by atoms with Crippen LogP contribution in [0, 0.1) is 11.3 Å². The molecule has 0 spiro atoms. The fourth-order valence-corrected chi connectivity index (χ4v) is 4.66. The van der Waals surface area contributed by atoms with Crippen LogP contribution in [0.25, 0.3) is 0 Å². The van der Waals surface area contributed by atoms with E-state index in [9.17, 15) is 0 Å². The molecule has 1 saturated heterocycles. The first kappa shape index (κ1) is 23.5. The predicted octanol–water partition coefficient (Wildman–Crippen LogP) is 7.78. The normalized spacial score (nSPS) is 23.8. The van der Waals surface area contributed by atoms with Gasteiger partial charge in [0.2, 0.25) is 0 Å². The lowest BCUT2D eigenvalue weighted by Gasteiger charge is -2.31. The van der Waals surface area contributed by atoms with Crippen molar-refractivity contribution in [2.24, 2.45) is 11.3 Å². The Kier molecular flexibility index (Phi) is 10.8. The molecule has 1 rings (SSSR count). The molecule has 2 unspecified atom stereocenters. The Morgan fingerprint density at radius 2 is 1.73 bits per heavy atom. The molecule has 1 aliphatic rings. The zero-order valence-electron chi connectivity index (χ0n) is 19.0. The van der Waals surface area contributed by atoms with Gasteiger partial charge in [0.25, 0.3) is 0 Å². The van der Waals surface area contributed by atoms with Crippen LogP contribution in [0.1, 0.15) is 106 Å². The third kappa shape index (κ3) is 7.99. The molecule has 2 atom stereocenters. The van der Waals surface area contributed by atoms with Gasteiger partial charge < -0.3 is 4.90 Å². The highest BCUT2D eigenvalue weighted by Gasteiger charge is 2.37. The molecule has 152 valence electrons. The van der Waals surface area contributed by atoms with Crippen molar-refractivity contribution >= 4 is 0 Å². The lowest BCUT2D eigenvalue weighted by atomic mass is 9.77. The maximum absolute atomic E-state index is 2.70. The molecule has 0 aromatic rings. The van der Waals surface area contributed by atoms with Gasteiger partial charge in [0.05, 0.1) is 0 Å². The molecule has 0 N–H and O–H groups in total. The first-order chi connectivity index (χ1) is 12.4. The number of hydrogen-bond donors (Lipinski definition) is 0. The van der Waals surface area contributed by atoms with Crippen LogP contribution >= 0.6 is 0 Å². The van der Waals surface area contributed by atoms with Crippen LogP contribution in [-0.4, -0.2) is 24.0 Å². The summed E-state index contributed by atoms with van der Waals surface area (Å²) >= 11 is 0. The quantitative estimate of drug-likeness (QED) is 0.321. The second-order valence-corrected chi connectivity index (χ2v) is 9.30. The maximum atomic E-state index is 2.70. The van der Waals surface area contributed by atoms with Gasteiger partial charge in [-0.25, -0.2) is 0 Å². The van der Waals surface area contributed by atoms with E-state index in [-0.39, 0.29) is 0 Å². The number of nitrogens with zero attached hydrogens (tertiary/aromatic N) is 1. The Labute approximate surface area is 165 Å². The Morgan fingerprint density at radius 1 is 1.00 bits per heavy atom. The molecule has 0 aromatic carbocycles. The second kappa shape index (κ2) is 12.0. The molecule has 1 aliphatic heterocycles. The van der Waals surface area contributed by atoms with Crippen LogP contribution in [0.2, 0.25) is 0 Å². The van der Waals surface area contributed by atoms with Crippen molar-refractivity contribution in [1.29, 1.82) is 0 Å². The molecule has 0 radical (unpaired) electrons. The van der Waals surface area contributed by atoms with Crippen molar-refractivity contribution < 1.29 is 0 Å². The summed E-state index contributed by atoms with van der Waals surface area (Å²) in [6.45, 7) is 18.9. The van der Waals surface area contributed by atoms with E-state index in [0.29, 0.717) is 11.5 Å². The molecule has 26 heavy (non-hydrogen) atoms. The van der Waals surface area contributed by atoms with E-state index >= 15 is 0 Å². The third-order valence-corrected chi connectivity index (χ3v) is 6.61. The molecular formula is C25H47N. The second-order valence-electron chi connectivity index (χ2n) is 9.30. The average molecular weight is 362 g/mol. The average Bonchev–Trinajstić information content (AvgIpc) is 3.03. The van der Waals surface area contributed by atoms with E-state index in [1.54, 1.807) is 11.1 Å². The zero-order chi connectivity index (χ0) is 19.6. The summed E-state index contributed by atoms with van der Waals surface area (Å²) in [5.41, 5.74) is 3.76. The highest BCUT2D eigenvalue weighted by Crippen LogP contribution is 2.41. The Balaban J connectivity index is 2.64. The van der Waals surface area contributed by atoms with Crippen LogP contribution in [-0.2, 0) is 0 Å². The van der Waals surface area contributed by atoms with E-state index in [4.69, 9.17) is 0 Å². The monoisotopic (exact) mass is 361 g/mol. The maximum Gasteiger partial charge on any atom is 0.00413 e. The van der Waals surface area contributed by atoms with Gasteiger partial charge in [-0.05, 0) is 97.4 Å². The van der Waals surface area contributed by atoms with Crippen molar-refractivity contribution in [2.75, 3.05) is 13.1 Å². The van der Waals surface area contributed by atoms with Crippen molar-refractivity contribution in [3.05, 3.63) is 23.3 Å². The number of hydrogen-bond acceptors (Lipinski definition) is 1. The number of allylic oxidation sites excluding steroid dienone is 4. The van der Waals surface area contributed by atoms with Gasteiger partial charge >= 0.3 is 0 Å². The predicted molar refractivity (Wildman–Crippen MR) is 119 cm³/mol. The van der Waals surface area contributed by atoms with Gasteiger partial charge in [0.1, 0.15) is 0 Å². The molecule has 1 heterocycles. The van der Waals surface area contributed by atoms with Gasteiger partial charge in [-0.15, -0.1) is 0 Å². The summed E-state index contributed by atoms with van der Waals surface area (Å²) in [6, 6.07) is 0.703. The zero-order valence-corrected chi connectivity index (χ0v) is 19.0. The van der Waals surface area contributed by atoms with Crippen LogP contribution in [0.15, 0.2) is 23.3 Å². The minimum absolute atomic E-state index is 0.579. The van der Waals surface area contributed by atoms with Crippen molar-refractivity contribution in [3.63, 3.8) is 0 Å². The highest BCUT2D eigenvalue weighted by atomic mass is 15.2. The summed E-state index contributed by atoms with van der Waals surface area (Å²) in [5, 5.41) is 0. The Bertz CT molecular complexity index is 445. The standard InChI is InChI=1S/C25H47N/c1-8-11-24(13-12-22(6)10-3)19-23(7)14-16-25(15-9-2)17-18-26(20-25)21(4)5/h10,19,21,24H,8-9,11-18,20H2,1-7H3/b22-10-,23-19-. The minimum Gasteiger partial charge on any atom is -0.300 e. The Hall–Kier alpha value is -0.560. The van der Waals surface area contributed by atoms with Crippen LogP contribution in [0.5, 0.6) is 0 Å². The fourth-order valence-electron chi connectivity index (χ4n) is 4.66. The van der Waals surface area contributed by atoms with Crippen molar-refractivity contribution in [1.82, 2.24) is 4.90 Å². The topological polar surface area (TPSA) is 3.24 Å². The van der Waals surface area contributed by atoms with Crippen molar-refractivity contribution in [3.8, 4) is 0 Å². The van der Waals surface area contributed by atoms with Crippen LogP contribution < -0.4 is 0 Å². The SMILES string of the molecule is C/C=C(/C)CCC(/C=C(/C)CCC1(CCC)CCN(C(C)C)C1)CCC. The molecule has 1 heteroatoms. The van der Waals surface area contributed by atoms with Crippen molar-refractivity contribution in [2.45, 2.75) is 112 Å². The molecule has 1 fully saturated rings. The highest BCUT2D eigenvalue weighted by molar-refractivity contribution is 5.05. The summed E-state index contributed by atoms with van der Waals surface area (Å²) in [7, 11) is 0. The molecule has 0 amide bonds. The van der Waals surface area contributed by atoms with Crippen LogP contribution in [0.4, 0.5) is 0 Å². The molecule has 0 saturated carbocycles. The van der Waals surface area contributed by atoms with Gasteiger partial charge in [-0.1, -0.05) is 50.0 Å². The lowest BCUT2D eigenvalue weighted by molar-refractivity contribution is 0.199. The molecule has 0 aromatic heterocycles. The van der Waals surface area contributed by atoms with E-state index in [1.807, 2.05) is 0 Å². The largest absolute Gasteiger partial charge is 0.300 e. The molecule has 0 bridgehead atoms. The third-order valence-electron chi connectivity index (χ3n) is 6.61. The van der Waals surface area contributed by atoms with E-state index < -0.39 is 0 Å². The molecular weight excluding hydrogens is 314 g/mol. The minimum atomic E-state index is 0.579. The summed E-state index contributed by atoms with van der Waals surface area (Å²) in [4.78, 5) is 2.70. The lowest BCUT2D eigenvalue weighted by Crippen LogP contribution is -2.32. The molecule has 0 aliphatic carbocycles. The summed E-state index contributed by atoms with van der Waals surface area (Å²) in [5.74, 6) is 0.771. The first-order valence-corrected chi connectivity index (χ1v) is 11.4. The van der Waals surface area contributed by atoms with E-state index in [0.717, 1.165) is 5.92 Å². The number of likely N-dealkylation sites (tertiary alicyclic amines) is 1. The van der Waals surface area contributed by atoms with E-state index in [1.165, 1.54) is 70.9 Å². The van der Waals surface area contributed by atoms with Crippen LogP contribution in [0.3, 0.4) is 0 Å². The van der Waals surface area contributed by atoms with Gasteiger partial charge in [0.15, 0.2) is 0 Å². The first-order valence-electron chi connectivity index (χ1n) is 11.4. The van der Waals surface area contributed by atoms with Gasteiger partial charge in [-0.2, -0.15) is 0 Å². The smallest absolute Gasteiger partial charge is 0.00413 e. The Morgan fingerprint density at radius 3 is 2.27 bits per heavy atom.